The third-order valence-electron chi connectivity index (χ3n) is 6.51. The van der Waals surface area contributed by atoms with Crippen LogP contribution in [0.4, 0.5) is 0 Å². The molecule has 2 fully saturated rings. The van der Waals surface area contributed by atoms with Crippen molar-refractivity contribution in [3.8, 4) is 0 Å². The molecule has 0 radical (unpaired) electrons. The van der Waals surface area contributed by atoms with Crippen molar-refractivity contribution in [2.45, 2.75) is 50.0 Å². The van der Waals surface area contributed by atoms with Crippen LogP contribution in [0.25, 0.3) is 0 Å². The molecule has 0 spiro atoms. The summed E-state index contributed by atoms with van der Waals surface area (Å²) < 4.78 is 53.5. The normalized spacial score (nSPS) is 24.2. The Balaban J connectivity index is 1.61. The van der Waals surface area contributed by atoms with E-state index >= 15 is 0 Å². The molecule has 0 saturated carbocycles. The van der Waals surface area contributed by atoms with Crippen molar-refractivity contribution in [3.63, 3.8) is 0 Å². The lowest BCUT2D eigenvalue weighted by Crippen LogP contribution is -2.41. The quantitative estimate of drug-likeness (QED) is 0.595. The summed E-state index contributed by atoms with van der Waals surface area (Å²) in [6, 6.07) is 4.99. The van der Waals surface area contributed by atoms with Gasteiger partial charge in [0.2, 0.25) is 26.0 Å². The molecule has 9 nitrogen and oxygen atoms in total. The van der Waals surface area contributed by atoms with Crippen molar-refractivity contribution in [3.05, 3.63) is 41.6 Å². The van der Waals surface area contributed by atoms with Crippen molar-refractivity contribution in [1.82, 2.24) is 13.5 Å². The van der Waals surface area contributed by atoms with Gasteiger partial charge in [-0.3, -0.25) is 9.59 Å². The van der Waals surface area contributed by atoms with Gasteiger partial charge in [0.15, 0.2) is 0 Å². The first kappa shape index (κ1) is 23.9. The molecule has 3 aliphatic rings. The Morgan fingerprint density at radius 1 is 1.03 bits per heavy atom. The molecule has 0 aromatic heterocycles. The summed E-state index contributed by atoms with van der Waals surface area (Å²) >= 11 is 0. The molecular weight excluding hydrogens is 466 g/mol. The average Bonchev–Trinajstić information content (AvgIpc) is 3.32. The number of carbonyl (C=O) groups excluding carboxylic acids is 2. The number of amides is 2. The van der Waals surface area contributed by atoms with Gasteiger partial charge in [0.05, 0.1) is 28.8 Å². The third-order valence-corrected chi connectivity index (χ3v) is 9.42. The van der Waals surface area contributed by atoms with Gasteiger partial charge < -0.3 is 4.90 Å². The van der Waals surface area contributed by atoms with E-state index in [-0.39, 0.29) is 23.0 Å². The summed E-state index contributed by atoms with van der Waals surface area (Å²) in [5, 5.41) is 0. The maximum absolute atomic E-state index is 13.5. The van der Waals surface area contributed by atoms with E-state index in [4.69, 9.17) is 0 Å². The molecule has 1 aromatic carbocycles. The van der Waals surface area contributed by atoms with Gasteiger partial charge >= 0.3 is 0 Å². The van der Waals surface area contributed by atoms with Crippen molar-refractivity contribution in [1.29, 1.82) is 0 Å². The maximum atomic E-state index is 13.5. The monoisotopic (exact) mass is 495 g/mol. The molecule has 0 aliphatic carbocycles. The fraction of sp³-hybridized carbons (Fsp3) is 0.545. The van der Waals surface area contributed by atoms with E-state index in [1.165, 1.54) is 34.6 Å². The van der Waals surface area contributed by atoms with E-state index in [2.05, 4.69) is 0 Å². The predicted molar refractivity (Wildman–Crippen MR) is 122 cm³/mol. The Kier molecular flexibility index (Phi) is 6.41. The third kappa shape index (κ3) is 4.22. The summed E-state index contributed by atoms with van der Waals surface area (Å²) in [6.45, 7) is 3.25. The lowest BCUT2D eigenvalue weighted by molar-refractivity contribution is -0.127. The molecule has 180 valence electrons. The first-order chi connectivity index (χ1) is 15.6. The smallest absolute Gasteiger partial charge is 0.253 e. The molecule has 4 rings (SSSR count). The largest absolute Gasteiger partial charge is 0.339 e. The fourth-order valence-electron chi connectivity index (χ4n) is 4.97. The number of nitrogens with zero attached hydrogens (tertiary/aromatic N) is 3. The van der Waals surface area contributed by atoms with Gasteiger partial charge in [-0.25, -0.2) is 21.1 Å². The topological polar surface area (TPSA) is 112 Å². The van der Waals surface area contributed by atoms with E-state index in [0.29, 0.717) is 31.5 Å². The number of piperidine rings is 1. The van der Waals surface area contributed by atoms with Crippen molar-refractivity contribution in [2.75, 3.05) is 25.9 Å². The van der Waals surface area contributed by atoms with Crippen LogP contribution in [0.5, 0.6) is 0 Å². The number of carbonyl (C=O) groups is 2. The minimum atomic E-state index is -4.02. The first-order valence-electron chi connectivity index (χ1n) is 11.2. The van der Waals surface area contributed by atoms with Crippen molar-refractivity contribution >= 4 is 31.9 Å². The second-order valence-corrected chi connectivity index (χ2v) is 12.5. The van der Waals surface area contributed by atoms with Gasteiger partial charge in [0, 0.05) is 25.2 Å². The van der Waals surface area contributed by atoms with Gasteiger partial charge in [0.25, 0.3) is 5.91 Å². The molecule has 3 aliphatic heterocycles. The van der Waals surface area contributed by atoms with Crippen LogP contribution in [0.15, 0.2) is 40.9 Å². The van der Waals surface area contributed by atoms with E-state index in [1.807, 2.05) is 6.92 Å². The van der Waals surface area contributed by atoms with E-state index in [1.54, 1.807) is 4.90 Å². The number of fused-ring (bicyclic) bond motifs is 1. The molecule has 2 saturated heterocycles. The zero-order valence-corrected chi connectivity index (χ0v) is 20.4. The van der Waals surface area contributed by atoms with Gasteiger partial charge in [-0.15, -0.1) is 0 Å². The van der Waals surface area contributed by atoms with E-state index < -0.39 is 37.9 Å². The van der Waals surface area contributed by atoms with E-state index in [0.717, 1.165) is 29.8 Å². The van der Waals surface area contributed by atoms with Gasteiger partial charge in [-0.1, -0.05) is 13.3 Å². The highest BCUT2D eigenvalue weighted by Gasteiger charge is 2.55. The van der Waals surface area contributed by atoms with Crippen LogP contribution in [0, 0.1) is 5.92 Å². The highest BCUT2D eigenvalue weighted by molar-refractivity contribution is 7.89. The molecule has 1 aromatic rings. The van der Waals surface area contributed by atoms with Crippen molar-refractivity contribution in [2.24, 2.45) is 5.92 Å². The Bertz CT molecular complexity index is 1180. The van der Waals surface area contributed by atoms with Crippen LogP contribution in [-0.4, -0.2) is 74.1 Å². The number of benzene rings is 1. The lowest BCUT2D eigenvalue weighted by Gasteiger charge is -2.27. The average molecular weight is 496 g/mol. The number of sulfonamides is 2. The van der Waals surface area contributed by atoms with Crippen LogP contribution in [0.1, 0.15) is 49.4 Å². The molecule has 0 unspecified atom stereocenters. The highest BCUT2D eigenvalue weighted by Crippen LogP contribution is 2.42. The molecular formula is C22H29N3O6S2. The second kappa shape index (κ2) is 8.84. The molecule has 2 atom stereocenters. The Morgan fingerprint density at radius 3 is 2.24 bits per heavy atom. The first-order valence-corrected chi connectivity index (χ1v) is 14.5. The standard InChI is InChI=1S/C22H29N3O6S2/c1-3-7-18-20-19(25(22(18)27)32(2,28)29)12-15-24(20)33(30,31)17-10-8-16(9-11-17)21(26)23-13-5-4-6-14-23/h8-12,18,20H,3-7,13-15H2,1-2H3/t18-,20-/m1/s1. The van der Waals surface area contributed by atoms with Gasteiger partial charge in [-0.2, -0.15) is 4.31 Å². The summed E-state index contributed by atoms with van der Waals surface area (Å²) in [6.07, 6.45) is 6.48. The minimum Gasteiger partial charge on any atom is -0.339 e. The van der Waals surface area contributed by atoms with Crippen LogP contribution in [-0.2, 0) is 24.8 Å². The van der Waals surface area contributed by atoms with Crippen LogP contribution < -0.4 is 0 Å². The predicted octanol–water partition coefficient (Wildman–Crippen LogP) is 1.79. The van der Waals surface area contributed by atoms with Crippen LogP contribution in [0.2, 0.25) is 0 Å². The van der Waals surface area contributed by atoms with E-state index in [9.17, 15) is 26.4 Å². The summed E-state index contributed by atoms with van der Waals surface area (Å²) in [7, 11) is -7.89. The Labute approximate surface area is 195 Å². The van der Waals surface area contributed by atoms with Gasteiger partial charge in [0.1, 0.15) is 0 Å². The summed E-state index contributed by atoms with van der Waals surface area (Å²) in [5.74, 6) is -1.46. The lowest BCUT2D eigenvalue weighted by atomic mass is 9.97. The summed E-state index contributed by atoms with van der Waals surface area (Å²) in [5.41, 5.74) is 0.640. The molecule has 3 heterocycles. The van der Waals surface area contributed by atoms with Gasteiger partial charge in [-0.05, 0) is 56.0 Å². The zero-order chi connectivity index (χ0) is 24.0. The Hall–Kier alpha value is -2.24. The minimum absolute atomic E-state index is 0.00727. The molecule has 0 N–H and O–H groups in total. The van der Waals surface area contributed by atoms with Crippen molar-refractivity contribution < 1.29 is 26.4 Å². The zero-order valence-electron chi connectivity index (χ0n) is 18.8. The molecule has 2 amide bonds. The number of likely N-dealkylation sites (tertiary alicyclic amines) is 1. The SMILES string of the molecule is CCC[C@H]1C(=O)N(S(C)(=O)=O)C2=CCN(S(=O)(=O)c3ccc(C(=O)N4CCCCC4)cc3)[C@@H]21. The molecule has 33 heavy (non-hydrogen) atoms. The second-order valence-electron chi connectivity index (χ2n) is 8.79. The summed E-state index contributed by atoms with van der Waals surface area (Å²) in [4.78, 5) is 27.4. The number of hydrogen-bond acceptors (Lipinski definition) is 6. The Morgan fingerprint density at radius 2 is 1.67 bits per heavy atom. The fourth-order valence-corrected chi connectivity index (χ4v) is 7.57. The maximum Gasteiger partial charge on any atom is 0.253 e. The van der Waals surface area contributed by atoms with Crippen LogP contribution >= 0.6 is 0 Å². The van der Waals surface area contributed by atoms with Crippen LogP contribution in [0.3, 0.4) is 0 Å². The molecule has 0 bridgehead atoms. The highest BCUT2D eigenvalue weighted by atomic mass is 32.2. The molecule has 11 heteroatoms. The number of hydrogen-bond donors (Lipinski definition) is 0. The number of rotatable bonds is 6.